The van der Waals surface area contributed by atoms with Gasteiger partial charge in [0.1, 0.15) is 17.4 Å². The van der Waals surface area contributed by atoms with Crippen LogP contribution < -0.4 is 5.32 Å². The molecule has 1 atom stereocenters. The number of halogens is 1. The third-order valence-electron chi connectivity index (χ3n) is 3.79. The van der Waals surface area contributed by atoms with Crippen LogP contribution in [0.4, 0.5) is 16.0 Å². The summed E-state index contributed by atoms with van der Waals surface area (Å²) in [5.41, 5.74) is 2.17. The minimum atomic E-state index is -1.08. The van der Waals surface area contributed by atoms with E-state index < -0.39 is 6.10 Å². The topological polar surface area (TPSA) is 91.1 Å². The second-order valence-electron chi connectivity index (χ2n) is 5.67. The van der Waals surface area contributed by atoms with Crippen LogP contribution in [0, 0.1) is 12.7 Å². The van der Waals surface area contributed by atoms with Crippen molar-refractivity contribution in [2.45, 2.75) is 13.0 Å². The summed E-state index contributed by atoms with van der Waals surface area (Å²) in [7, 11) is 0. The molecule has 0 bridgehead atoms. The maximum absolute atomic E-state index is 13.1. The highest BCUT2D eigenvalue weighted by Gasteiger charge is 2.17. The van der Waals surface area contributed by atoms with Crippen LogP contribution in [-0.2, 0) is 0 Å². The lowest BCUT2D eigenvalue weighted by molar-refractivity contribution is 0.208. The maximum atomic E-state index is 13.1. The predicted molar refractivity (Wildman–Crippen MR) is 90.1 cm³/mol. The summed E-state index contributed by atoms with van der Waals surface area (Å²) in [5.74, 6) is 0.961. The average molecular weight is 338 g/mol. The van der Waals surface area contributed by atoms with Crippen LogP contribution in [0.25, 0.3) is 5.52 Å². The zero-order chi connectivity index (χ0) is 17.4. The minimum absolute atomic E-state index is 0.199. The van der Waals surface area contributed by atoms with Gasteiger partial charge in [-0.05, 0) is 36.8 Å². The summed E-state index contributed by atoms with van der Waals surface area (Å²) in [5, 5.41) is 25.0. The number of anilines is 2. The lowest BCUT2D eigenvalue weighted by Crippen LogP contribution is -2.11. The van der Waals surface area contributed by atoms with Gasteiger partial charge in [0.15, 0.2) is 17.5 Å². The molecule has 0 fully saturated rings. The number of nitrogens with zero attached hydrogens (tertiary/aromatic N) is 4. The highest BCUT2D eigenvalue weighted by atomic mass is 19.1. The smallest absolute Gasteiger partial charge is 0.184 e. The molecule has 0 aliphatic heterocycles. The standard InChI is InChI=1S/C17H15FN6O/c1-10-9-14(22-21-10)19-16-13-3-2-8-24(13)23-17(20-16)15(25)11-4-6-12(18)7-5-11/h2-9,15,25H,1H3,(H2,19,20,21,22,23). The fraction of sp³-hybridized carbons (Fsp3) is 0.118. The number of aromatic nitrogens is 5. The largest absolute Gasteiger partial charge is 0.380 e. The first-order valence-electron chi connectivity index (χ1n) is 7.68. The van der Waals surface area contributed by atoms with Crippen molar-refractivity contribution in [2.75, 3.05) is 5.32 Å². The van der Waals surface area contributed by atoms with E-state index in [4.69, 9.17) is 0 Å². The molecule has 0 saturated heterocycles. The fourth-order valence-electron chi connectivity index (χ4n) is 2.56. The molecule has 0 aliphatic carbocycles. The number of aromatic amines is 1. The van der Waals surface area contributed by atoms with Crippen LogP contribution in [-0.4, -0.2) is 29.9 Å². The van der Waals surface area contributed by atoms with Gasteiger partial charge < -0.3 is 10.4 Å². The molecule has 0 aliphatic rings. The van der Waals surface area contributed by atoms with Gasteiger partial charge in [0.2, 0.25) is 0 Å². The van der Waals surface area contributed by atoms with Gasteiger partial charge in [-0.3, -0.25) is 5.10 Å². The maximum Gasteiger partial charge on any atom is 0.184 e. The zero-order valence-corrected chi connectivity index (χ0v) is 13.3. The Hall–Kier alpha value is -3.26. The molecule has 0 radical (unpaired) electrons. The zero-order valence-electron chi connectivity index (χ0n) is 13.3. The normalized spacial score (nSPS) is 12.4. The first-order chi connectivity index (χ1) is 12.1. The van der Waals surface area contributed by atoms with Crippen molar-refractivity contribution in [3.8, 4) is 0 Å². The second kappa shape index (κ2) is 5.99. The van der Waals surface area contributed by atoms with E-state index in [2.05, 4.69) is 25.6 Å². The van der Waals surface area contributed by atoms with Crippen molar-refractivity contribution >= 4 is 17.2 Å². The number of rotatable bonds is 4. The summed E-state index contributed by atoms with van der Waals surface area (Å²) < 4.78 is 14.7. The average Bonchev–Trinajstić information content (AvgIpc) is 3.23. The Balaban J connectivity index is 1.75. The first kappa shape index (κ1) is 15.3. The van der Waals surface area contributed by atoms with Crippen molar-refractivity contribution in [2.24, 2.45) is 0 Å². The lowest BCUT2D eigenvalue weighted by Gasteiger charge is -2.12. The van der Waals surface area contributed by atoms with Crippen molar-refractivity contribution in [1.82, 2.24) is 24.8 Å². The number of aryl methyl sites for hydroxylation is 1. The number of H-pyrrole nitrogens is 1. The Labute approximate surface area is 142 Å². The molecular formula is C17H15FN6O. The monoisotopic (exact) mass is 338 g/mol. The minimum Gasteiger partial charge on any atom is -0.380 e. The summed E-state index contributed by atoms with van der Waals surface area (Å²) in [4.78, 5) is 4.44. The van der Waals surface area contributed by atoms with Gasteiger partial charge in [0, 0.05) is 18.0 Å². The molecule has 0 saturated carbocycles. The number of fused-ring (bicyclic) bond motifs is 1. The first-order valence-corrected chi connectivity index (χ1v) is 7.68. The van der Waals surface area contributed by atoms with Crippen molar-refractivity contribution in [3.63, 3.8) is 0 Å². The Bertz CT molecular complexity index is 1020. The Kier molecular flexibility index (Phi) is 3.66. The molecule has 3 heterocycles. The number of aliphatic hydroxyl groups excluding tert-OH is 1. The van der Waals surface area contributed by atoms with Gasteiger partial charge in [-0.2, -0.15) is 5.10 Å². The Morgan fingerprint density at radius 1 is 1.24 bits per heavy atom. The molecule has 0 spiro atoms. The van der Waals surface area contributed by atoms with E-state index in [0.29, 0.717) is 17.2 Å². The van der Waals surface area contributed by atoms with Crippen LogP contribution >= 0.6 is 0 Å². The van der Waals surface area contributed by atoms with Crippen LogP contribution in [0.3, 0.4) is 0 Å². The molecule has 8 heteroatoms. The van der Waals surface area contributed by atoms with E-state index in [-0.39, 0.29) is 11.6 Å². The third kappa shape index (κ3) is 2.94. The Morgan fingerprint density at radius 2 is 2.04 bits per heavy atom. The van der Waals surface area contributed by atoms with Gasteiger partial charge >= 0.3 is 0 Å². The molecular weight excluding hydrogens is 323 g/mol. The van der Waals surface area contributed by atoms with Crippen LogP contribution in [0.5, 0.6) is 0 Å². The van der Waals surface area contributed by atoms with Crippen molar-refractivity contribution < 1.29 is 9.50 Å². The molecule has 0 amide bonds. The second-order valence-corrected chi connectivity index (χ2v) is 5.67. The molecule has 3 aromatic heterocycles. The molecule has 1 unspecified atom stereocenters. The van der Waals surface area contributed by atoms with Gasteiger partial charge in [0.05, 0.1) is 0 Å². The van der Waals surface area contributed by atoms with Crippen molar-refractivity contribution in [3.05, 3.63) is 71.6 Å². The highest BCUT2D eigenvalue weighted by Crippen LogP contribution is 2.24. The number of hydrogen-bond donors (Lipinski definition) is 3. The van der Waals surface area contributed by atoms with Gasteiger partial charge in [0.25, 0.3) is 0 Å². The number of hydrogen-bond acceptors (Lipinski definition) is 5. The Morgan fingerprint density at radius 3 is 2.76 bits per heavy atom. The van der Waals surface area contributed by atoms with Crippen molar-refractivity contribution in [1.29, 1.82) is 0 Å². The lowest BCUT2D eigenvalue weighted by atomic mass is 10.1. The third-order valence-corrected chi connectivity index (χ3v) is 3.79. The predicted octanol–water partition coefficient (Wildman–Crippen LogP) is 2.73. The SMILES string of the molecule is Cc1cc(Nc2nc(C(O)c3ccc(F)cc3)nn3cccc23)n[nH]1. The molecule has 25 heavy (non-hydrogen) atoms. The number of aliphatic hydroxyl groups is 1. The van der Waals surface area contributed by atoms with Crippen LogP contribution in [0.2, 0.25) is 0 Å². The summed E-state index contributed by atoms with van der Waals surface area (Å²) >= 11 is 0. The van der Waals surface area contributed by atoms with Crippen LogP contribution in [0.15, 0.2) is 48.7 Å². The van der Waals surface area contributed by atoms with Gasteiger partial charge in [-0.15, -0.1) is 5.10 Å². The van der Waals surface area contributed by atoms with E-state index in [1.54, 1.807) is 10.7 Å². The van der Waals surface area contributed by atoms with E-state index in [0.717, 1.165) is 11.2 Å². The molecule has 126 valence electrons. The molecule has 4 aromatic rings. The van der Waals surface area contributed by atoms with E-state index in [9.17, 15) is 9.50 Å². The van der Waals surface area contributed by atoms with Gasteiger partial charge in [-0.1, -0.05) is 12.1 Å². The van der Waals surface area contributed by atoms with E-state index in [1.807, 2.05) is 25.1 Å². The van der Waals surface area contributed by atoms with E-state index >= 15 is 0 Å². The van der Waals surface area contributed by atoms with Crippen LogP contribution in [0.1, 0.15) is 23.2 Å². The molecule has 4 rings (SSSR count). The molecule has 1 aromatic carbocycles. The summed E-state index contributed by atoms with van der Waals surface area (Å²) in [6, 6.07) is 11.1. The summed E-state index contributed by atoms with van der Waals surface area (Å²) in [6.07, 6.45) is 0.688. The number of benzene rings is 1. The number of nitrogens with one attached hydrogen (secondary N) is 2. The molecule has 3 N–H and O–H groups in total. The summed E-state index contributed by atoms with van der Waals surface area (Å²) in [6.45, 7) is 1.90. The van der Waals surface area contributed by atoms with Gasteiger partial charge in [-0.25, -0.2) is 13.9 Å². The highest BCUT2D eigenvalue weighted by molar-refractivity contribution is 5.72. The fourth-order valence-corrected chi connectivity index (χ4v) is 2.56. The quantitative estimate of drug-likeness (QED) is 0.532. The molecule has 7 nitrogen and oxygen atoms in total. The van der Waals surface area contributed by atoms with E-state index in [1.165, 1.54) is 24.3 Å².